The van der Waals surface area contributed by atoms with Crippen molar-refractivity contribution >= 4 is 17.6 Å². The van der Waals surface area contributed by atoms with Crippen LogP contribution in [0.2, 0.25) is 0 Å². The van der Waals surface area contributed by atoms with Gasteiger partial charge < -0.3 is 15.5 Å². The van der Waals surface area contributed by atoms with Gasteiger partial charge in [-0.2, -0.15) is 28.1 Å². The van der Waals surface area contributed by atoms with E-state index in [0.717, 1.165) is 6.20 Å². The lowest BCUT2D eigenvalue weighted by atomic mass is 10.1. The summed E-state index contributed by atoms with van der Waals surface area (Å²) in [4.78, 5) is 27.6. The number of rotatable bonds is 6. The molecule has 0 spiro atoms. The minimum absolute atomic E-state index is 0.0590. The number of nitrogens with zero attached hydrogens (tertiary/aromatic N) is 7. The summed E-state index contributed by atoms with van der Waals surface area (Å²) in [7, 11) is 0. The first kappa shape index (κ1) is 23.7. The van der Waals surface area contributed by atoms with Gasteiger partial charge in [-0.1, -0.05) is 0 Å². The molecule has 5 rings (SSSR count). The third kappa shape index (κ3) is 5.00. The van der Waals surface area contributed by atoms with E-state index >= 15 is 0 Å². The van der Waals surface area contributed by atoms with Crippen molar-refractivity contribution in [1.29, 1.82) is 0 Å². The lowest BCUT2D eigenvalue weighted by Crippen LogP contribution is -2.21. The van der Waals surface area contributed by atoms with Crippen LogP contribution in [0.3, 0.4) is 0 Å². The first-order chi connectivity index (χ1) is 17.1. The second-order valence-electron chi connectivity index (χ2n) is 8.73. The topological polar surface area (TPSA) is 106 Å². The van der Waals surface area contributed by atoms with Crippen LogP contribution in [0.4, 0.5) is 39.5 Å². The Morgan fingerprint density at radius 3 is 2.47 bits per heavy atom. The van der Waals surface area contributed by atoms with Gasteiger partial charge in [-0.15, -0.1) is 0 Å². The number of nitrogens with one attached hydrogen (secondary N) is 2. The van der Waals surface area contributed by atoms with E-state index in [2.05, 4.69) is 45.4 Å². The smallest absolute Gasteiger partial charge is 0.351 e. The largest absolute Gasteiger partial charge is 0.434 e. The number of hydrogen-bond donors (Lipinski definition) is 2. The van der Waals surface area contributed by atoms with E-state index in [1.54, 1.807) is 12.1 Å². The van der Waals surface area contributed by atoms with Crippen LogP contribution < -0.4 is 10.6 Å². The Kier molecular flexibility index (Phi) is 5.65. The Hall–Kier alpha value is -4.02. The third-order valence-corrected chi connectivity index (χ3v) is 5.96. The van der Waals surface area contributed by atoms with Gasteiger partial charge in [0.25, 0.3) is 5.54 Å². The van der Waals surface area contributed by atoms with Crippen LogP contribution in [-0.4, -0.2) is 41.9 Å². The zero-order valence-electron chi connectivity index (χ0n) is 18.5. The highest BCUT2D eigenvalue weighted by molar-refractivity contribution is 5.59. The van der Waals surface area contributed by atoms with E-state index in [1.807, 2.05) is 0 Å². The summed E-state index contributed by atoms with van der Waals surface area (Å²) in [5.74, 6) is -3.21. The van der Waals surface area contributed by atoms with Gasteiger partial charge in [0, 0.05) is 43.6 Å². The summed E-state index contributed by atoms with van der Waals surface area (Å²) in [6.07, 6.45) is -0.735. The van der Waals surface area contributed by atoms with Crippen molar-refractivity contribution in [3.63, 3.8) is 0 Å². The number of pyridine rings is 1. The quantitative estimate of drug-likeness (QED) is 0.358. The minimum atomic E-state index is -4.73. The second kappa shape index (κ2) is 8.58. The monoisotopic (exact) mass is 503 g/mol. The van der Waals surface area contributed by atoms with Gasteiger partial charge in [0.2, 0.25) is 17.8 Å². The maximum atomic E-state index is 13.7. The molecule has 186 valence electrons. The summed E-state index contributed by atoms with van der Waals surface area (Å²) in [5.41, 5.74) is -1.09. The fourth-order valence-electron chi connectivity index (χ4n) is 3.91. The molecule has 0 bridgehead atoms. The molecule has 1 atom stereocenters. The molecule has 0 saturated heterocycles. The maximum Gasteiger partial charge on any atom is 0.434 e. The Balaban J connectivity index is 1.49. The number of aromatic nitrogens is 6. The highest BCUT2D eigenvalue weighted by atomic mass is 19.4. The van der Waals surface area contributed by atoms with Gasteiger partial charge in [0.15, 0.2) is 11.5 Å². The normalized spacial score (nSPS) is 19.9. The molecule has 0 aromatic carbocycles. The number of halogens is 5. The Labute approximate surface area is 201 Å². The van der Waals surface area contributed by atoms with Crippen LogP contribution >= 0.6 is 0 Å². The Morgan fingerprint density at radius 2 is 1.81 bits per heavy atom. The van der Waals surface area contributed by atoms with E-state index in [0.29, 0.717) is 30.4 Å². The van der Waals surface area contributed by atoms with Crippen molar-refractivity contribution in [2.45, 2.75) is 55.8 Å². The molecule has 2 saturated carbocycles. The number of anilines is 3. The molecule has 2 aliphatic rings. The van der Waals surface area contributed by atoms with Crippen LogP contribution in [0.25, 0.3) is 16.4 Å². The van der Waals surface area contributed by atoms with Crippen molar-refractivity contribution in [3.05, 3.63) is 53.5 Å². The summed E-state index contributed by atoms with van der Waals surface area (Å²) in [6.45, 7) is 7.42. The van der Waals surface area contributed by atoms with Crippen LogP contribution in [0.1, 0.15) is 43.5 Å². The van der Waals surface area contributed by atoms with Crippen molar-refractivity contribution in [1.82, 2.24) is 29.9 Å². The van der Waals surface area contributed by atoms with Crippen molar-refractivity contribution in [2.24, 2.45) is 0 Å². The Morgan fingerprint density at radius 1 is 1.03 bits per heavy atom. The number of hydrogen-bond acceptors (Lipinski definition) is 8. The maximum absolute atomic E-state index is 13.7. The highest BCUT2D eigenvalue weighted by Gasteiger charge is 2.54. The second-order valence-corrected chi connectivity index (χ2v) is 8.73. The average Bonchev–Trinajstić information content (AvgIpc) is 3.56. The predicted molar refractivity (Wildman–Crippen MR) is 117 cm³/mol. The lowest BCUT2D eigenvalue weighted by molar-refractivity contribution is -0.141. The lowest BCUT2D eigenvalue weighted by Gasteiger charge is -2.15. The van der Waals surface area contributed by atoms with Gasteiger partial charge in [-0.25, -0.2) is 20.3 Å². The molecule has 2 fully saturated rings. The molecule has 3 aromatic heterocycles. The van der Waals surface area contributed by atoms with E-state index < -0.39 is 35.8 Å². The molecule has 36 heavy (non-hydrogen) atoms. The molecule has 0 amide bonds. The van der Waals surface area contributed by atoms with Crippen LogP contribution in [0.5, 0.6) is 0 Å². The van der Waals surface area contributed by atoms with Gasteiger partial charge >= 0.3 is 6.18 Å². The van der Waals surface area contributed by atoms with Gasteiger partial charge in [0.1, 0.15) is 11.4 Å². The predicted octanol–water partition coefficient (Wildman–Crippen LogP) is 4.99. The van der Waals surface area contributed by atoms with Crippen LogP contribution in [0.15, 0.2) is 30.7 Å². The molecular weight excluding hydrogens is 485 g/mol. The van der Waals surface area contributed by atoms with E-state index in [4.69, 9.17) is 6.57 Å². The molecule has 0 radical (unpaired) electrons. The minimum Gasteiger partial charge on any atom is -0.351 e. The Bertz CT molecular complexity index is 1330. The summed E-state index contributed by atoms with van der Waals surface area (Å²) >= 11 is 0. The molecule has 3 aromatic rings. The summed E-state index contributed by atoms with van der Waals surface area (Å²) in [6, 6.07) is 2.65. The van der Waals surface area contributed by atoms with E-state index in [-0.39, 0.29) is 36.3 Å². The molecular formula is C22H18F5N9. The van der Waals surface area contributed by atoms with Crippen LogP contribution in [0, 0.1) is 6.57 Å². The van der Waals surface area contributed by atoms with Crippen molar-refractivity contribution in [3.8, 4) is 11.5 Å². The third-order valence-electron chi connectivity index (χ3n) is 5.96. The van der Waals surface area contributed by atoms with Crippen molar-refractivity contribution in [2.75, 3.05) is 10.6 Å². The summed E-state index contributed by atoms with van der Waals surface area (Å²) < 4.78 is 66.8. The highest BCUT2D eigenvalue weighted by Crippen LogP contribution is 2.49. The zero-order chi connectivity index (χ0) is 25.6. The first-order valence-electron chi connectivity index (χ1n) is 11.0. The fourth-order valence-corrected chi connectivity index (χ4v) is 3.91. The van der Waals surface area contributed by atoms with Crippen molar-refractivity contribution < 1.29 is 22.0 Å². The average molecular weight is 503 g/mol. The fraction of sp³-hybridized carbons (Fsp3) is 0.409. The molecule has 0 aliphatic heterocycles. The van der Waals surface area contributed by atoms with Gasteiger partial charge in [-0.05, 0) is 18.6 Å². The molecule has 14 heteroatoms. The molecule has 3 heterocycles. The molecule has 9 nitrogen and oxygen atoms in total. The molecule has 2 aliphatic carbocycles. The van der Waals surface area contributed by atoms with Crippen LogP contribution in [-0.2, 0) is 11.7 Å². The van der Waals surface area contributed by atoms with Gasteiger partial charge in [0.05, 0.1) is 12.4 Å². The first-order valence-corrected chi connectivity index (χ1v) is 11.0. The SMILES string of the molecule is [C-]#[N+]C1(c2cc(Nc3nc(N[C@@H]4CCC(F)(F)C4)nc(-c4cncc(C(F)(F)F)n4)n3)ccn2)CC1. The summed E-state index contributed by atoms with van der Waals surface area (Å²) in [5, 5.41) is 5.77. The van der Waals surface area contributed by atoms with E-state index in [1.165, 1.54) is 6.20 Å². The standard InChI is InChI=1S/C22H18F5N9/c1-28-20(5-6-20)15-8-12(3-7-30-15)31-18-34-17(14-10-29-11-16(33-14)22(25,26)27)35-19(36-18)32-13-2-4-21(23,24)9-13/h3,7-8,10-11,13H,2,4-6,9H2,(H2,30,31,32,34,35,36)/t13-/m1/s1. The van der Waals surface area contributed by atoms with E-state index in [9.17, 15) is 22.0 Å². The number of alkyl halides is 5. The zero-order valence-corrected chi connectivity index (χ0v) is 18.5. The molecule has 0 unspecified atom stereocenters. The molecule has 2 N–H and O–H groups in total. The van der Waals surface area contributed by atoms with Gasteiger partial charge in [-0.3, -0.25) is 9.97 Å².